The van der Waals surface area contributed by atoms with Gasteiger partial charge in [0.05, 0.1) is 18.7 Å². The first-order valence-corrected chi connectivity index (χ1v) is 7.11. The van der Waals surface area contributed by atoms with Crippen LogP contribution in [-0.4, -0.2) is 36.1 Å². The first-order valence-electron chi connectivity index (χ1n) is 6.24. The number of nitrogens with one attached hydrogen (secondary N) is 1. The molecule has 1 aromatic heterocycles. The van der Waals surface area contributed by atoms with Crippen molar-refractivity contribution in [2.75, 3.05) is 19.7 Å². The fraction of sp³-hybridized carbons (Fsp3) is 0.615. The van der Waals surface area contributed by atoms with Gasteiger partial charge in [-0.05, 0) is 32.2 Å². The summed E-state index contributed by atoms with van der Waals surface area (Å²) >= 11 is 1.67. The van der Waals surface area contributed by atoms with Gasteiger partial charge in [-0.25, -0.2) is 0 Å². The Hall–Kier alpha value is -0.910. The van der Waals surface area contributed by atoms with E-state index in [-0.39, 0.29) is 17.7 Å². The van der Waals surface area contributed by atoms with E-state index in [1.165, 1.54) is 4.88 Å². The van der Waals surface area contributed by atoms with Crippen molar-refractivity contribution in [3.8, 4) is 0 Å². The molecule has 0 saturated carbocycles. The number of nitrogens with zero attached hydrogens (tertiary/aromatic N) is 1. The SMILES string of the molecule is CCOC(C)(C)CN1C(=O)CNC1c1cccs1. The number of thiophene rings is 1. The minimum Gasteiger partial charge on any atom is -0.374 e. The Labute approximate surface area is 112 Å². The summed E-state index contributed by atoms with van der Waals surface area (Å²) < 4.78 is 5.69. The lowest BCUT2D eigenvalue weighted by molar-refractivity contribution is -0.132. The van der Waals surface area contributed by atoms with Gasteiger partial charge in [0.2, 0.25) is 5.91 Å². The van der Waals surface area contributed by atoms with Crippen molar-refractivity contribution in [3.63, 3.8) is 0 Å². The molecule has 0 radical (unpaired) electrons. The number of ether oxygens (including phenoxy) is 1. The molecule has 4 nitrogen and oxygen atoms in total. The van der Waals surface area contributed by atoms with Crippen LogP contribution >= 0.6 is 11.3 Å². The molecule has 2 rings (SSSR count). The van der Waals surface area contributed by atoms with Crippen molar-refractivity contribution in [2.24, 2.45) is 0 Å². The molecule has 18 heavy (non-hydrogen) atoms. The lowest BCUT2D eigenvalue weighted by atomic mass is 10.1. The quantitative estimate of drug-likeness (QED) is 0.888. The van der Waals surface area contributed by atoms with Crippen molar-refractivity contribution in [1.82, 2.24) is 10.2 Å². The van der Waals surface area contributed by atoms with Crippen molar-refractivity contribution < 1.29 is 9.53 Å². The first-order chi connectivity index (χ1) is 8.53. The molecule has 1 fully saturated rings. The zero-order chi connectivity index (χ0) is 13.2. The van der Waals surface area contributed by atoms with E-state index in [4.69, 9.17) is 4.74 Å². The van der Waals surface area contributed by atoms with E-state index >= 15 is 0 Å². The minimum absolute atomic E-state index is 0.00256. The largest absolute Gasteiger partial charge is 0.374 e. The summed E-state index contributed by atoms with van der Waals surface area (Å²) in [5, 5.41) is 5.29. The van der Waals surface area contributed by atoms with Crippen LogP contribution in [0.2, 0.25) is 0 Å². The number of carbonyl (C=O) groups excluding carboxylic acids is 1. The second-order valence-corrected chi connectivity index (χ2v) is 5.99. The third-order valence-corrected chi connectivity index (χ3v) is 3.90. The summed E-state index contributed by atoms with van der Waals surface area (Å²) in [4.78, 5) is 15.0. The first kappa shape index (κ1) is 13.5. The monoisotopic (exact) mass is 268 g/mol. The summed E-state index contributed by atoms with van der Waals surface area (Å²) in [5.74, 6) is 0.140. The number of carbonyl (C=O) groups is 1. The Morgan fingerprint density at radius 2 is 2.39 bits per heavy atom. The van der Waals surface area contributed by atoms with Crippen molar-refractivity contribution in [3.05, 3.63) is 22.4 Å². The number of amides is 1. The fourth-order valence-corrected chi connectivity index (χ4v) is 3.08. The molecule has 1 aliphatic rings. The van der Waals surface area contributed by atoms with Crippen molar-refractivity contribution >= 4 is 17.2 Å². The van der Waals surface area contributed by atoms with E-state index in [0.717, 1.165) is 0 Å². The molecule has 100 valence electrons. The Kier molecular flexibility index (Phi) is 4.04. The number of hydrogen-bond donors (Lipinski definition) is 1. The maximum absolute atomic E-state index is 12.0. The molecular formula is C13H20N2O2S. The summed E-state index contributed by atoms with van der Waals surface area (Å²) in [5.41, 5.74) is -0.314. The smallest absolute Gasteiger partial charge is 0.238 e. The van der Waals surface area contributed by atoms with Gasteiger partial charge >= 0.3 is 0 Å². The third kappa shape index (κ3) is 2.91. The van der Waals surface area contributed by atoms with Crippen LogP contribution < -0.4 is 5.32 Å². The molecule has 0 bridgehead atoms. The molecule has 1 N–H and O–H groups in total. The van der Waals surface area contributed by atoms with Gasteiger partial charge in [0, 0.05) is 11.5 Å². The van der Waals surface area contributed by atoms with Crippen molar-refractivity contribution in [1.29, 1.82) is 0 Å². The highest BCUT2D eigenvalue weighted by Gasteiger charge is 2.36. The maximum Gasteiger partial charge on any atom is 0.238 e. The van der Waals surface area contributed by atoms with Crippen LogP contribution in [0.15, 0.2) is 17.5 Å². The topological polar surface area (TPSA) is 41.6 Å². The Morgan fingerprint density at radius 1 is 1.61 bits per heavy atom. The highest BCUT2D eigenvalue weighted by atomic mass is 32.1. The third-order valence-electron chi connectivity index (χ3n) is 2.98. The Balaban J connectivity index is 2.11. The lowest BCUT2D eigenvalue weighted by Gasteiger charge is -2.33. The minimum atomic E-state index is -0.314. The zero-order valence-corrected chi connectivity index (χ0v) is 11.9. The lowest BCUT2D eigenvalue weighted by Crippen LogP contribution is -2.43. The summed E-state index contributed by atoms with van der Waals surface area (Å²) in [7, 11) is 0. The van der Waals surface area contributed by atoms with E-state index in [1.807, 2.05) is 37.1 Å². The van der Waals surface area contributed by atoms with Gasteiger partial charge in [-0.15, -0.1) is 11.3 Å². The molecule has 1 atom stereocenters. The molecule has 1 amide bonds. The second kappa shape index (κ2) is 5.38. The van der Waals surface area contributed by atoms with Gasteiger partial charge in [0.25, 0.3) is 0 Å². The van der Waals surface area contributed by atoms with Crippen LogP contribution in [0.3, 0.4) is 0 Å². The van der Waals surface area contributed by atoms with E-state index in [9.17, 15) is 4.79 Å². The zero-order valence-electron chi connectivity index (χ0n) is 11.1. The molecular weight excluding hydrogens is 248 g/mol. The van der Waals surface area contributed by atoms with Crippen LogP contribution in [0.5, 0.6) is 0 Å². The molecule has 0 spiro atoms. The van der Waals surface area contributed by atoms with Gasteiger partial charge in [0.1, 0.15) is 6.17 Å². The van der Waals surface area contributed by atoms with E-state index in [0.29, 0.717) is 19.7 Å². The molecule has 5 heteroatoms. The molecule has 0 aliphatic carbocycles. The average Bonchev–Trinajstić information content (AvgIpc) is 2.89. The molecule has 1 aromatic rings. The maximum atomic E-state index is 12.0. The van der Waals surface area contributed by atoms with Gasteiger partial charge in [0.15, 0.2) is 0 Å². The summed E-state index contributed by atoms with van der Waals surface area (Å²) in [6.45, 7) is 7.69. The summed E-state index contributed by atoms with van der Waals surface area (Å²) in [6, 6.07) is 4.07. The highest BCUT2D eigenvalue weighted by Crippen LogP contribution is 2.28. The highest BCUT2D eigenvalue weighted by molar-refractivity contribution is 7.10. The molecule has 1 aliphatic heterocycles. The van der Waals surface area contributed by atoms with Gasteiger partial charge < -0.3 is 9.64 Å². The van der Waals surface area contributed by atoms with Crippen LogP contribution in [0.25, 0.3) is 0 Å². The van der Waals surface area contributed by atoms with Crippen LogP contribution in [-0.2, 0) is 9.53 Å². The Morgan fingerprint density at radius 3 is 3.00 bits per heavy atom. The van der Waals surface area contributed by atoms with Gasteiger partial charge in [-0.2, -0.15) is 0 Å². The van der Waals surface area contributed by atoms with E-state index < -0.39 is 0 Å². The van der Waals surface area contributed by atoms with Gasteiger partial charge in [-0.3, -0.25) is 10.1 Å². The number of rotatable bonds is 5. The van der Waals surface area contributed by atoms with Crippen LogP contribution in [0, 0.1) is 0 Å². The molecule has 2 heterocycles. The average molecular weight is 268 g/mol. The molecule has 0 aromatic carbocycles. The molecule has 1 saturated heterocycles. The van der Waals surface area contributed by atoms with Crippen molar-refractivity contribution in [2.45, 2.75) is 32.5 Å². The fourth-order valence-electron chi connectivity index (χ4n) is 2.27. The normalized spacial score (nSPS) is 20.7. The van der Waals surface area contributed by atoms with E-state index in [2.05, 4.69) is 11.4 Å². The number of hydrogen-bond acceptors (Lipinski definition) is 4. The molecule has 1 unspecified atom stereocenters. The van der Waals surface area contributed by atoms with Gasteiger partial charge in [-0.1, -0.05) is 6.07 Å². The van der Waals surface area contributed by atoms with Crippen LogP contribution in [0.4, 0.5) is 0 Å². The summed E-state index contributed by atoms with van der Waals surface area (Å²) in [6.07, 6.45) is -0.00256. The second-order valence-electron chi connectivity index (χ2n) is 5.01. The standard InChI is InChI=1S/C13H20N2O2S/c1-4-17-13(2,3)9-15-11(16)8-14-12(15)10-6-5-7-18-10/h5-7,12,14H,4,8-9H2,1-3H3. The Bertz CT molecular complexity index is 403. The predicted molar refractivity (Wildman–Crippen MR) is 72.5 cm³/mol. The van der Waals surface area contributed by atoms with Crippen LogP contribution in [0.1, 0.15) is 31.8 Å². The predicted octanol–water partition coefficient (Wildman–Crippen LogP) is 1.99. The van der Waals surface area contributed by atoms with E-state index in [1.54, 1.807) is 11.3 Å².